The van der Waals surface area contributed by atoms with Crippen molar-refractivity contribution in [1.82, 2.24) is 5.32 Å². The van der Waals surface area contributed by atoms with Crippen LogP contribution < -0.4 is 10.6 Å². The van der Waals surface area contributed by atoms with Gasteiger partial charge in [-0.2, -0.15) is 0 Å². The molecule has 22 heavy (non-hydrogen) atoms. The van der Waals surface area contributed by atoms with Crippen molar-refractivity contribution in [2.24, 2.45) is 0 Å². The first-order chi connectivity index (χ1) is 10.5. The van der Waals surface area contributed by atoms with Crippen molar-refractivity contribution in [3.63, 3.8) is 0 Å². The Labute approximate surface area is 144 Å². The Morgan fingerprint density at radius 2 is 1.73 bits per heavy atom. The predicted octanol–water partition coefficient (Wildman–Crippen LogP) is 4.78. The maximum absolute atomic E-state index is 12.2. The Bertz CT molecular complexity index is 645. The van der Waals surface area contributed by atoms with Gasteiger partial charge in [-0.25, -0.2) is 0 Å². The van der Waals surface area contributed by atoms with Crippen molar-refractivity contribution >= 4 is 39.1 Å². The summed E-state index contributed by atoms with van der Waals surface area (Å²) in [6.07, 6.45) is 0. The van der Waals surface area contributed by atoms with Gasteiger partial charge in [0.2, 0.25) is 5.91 Å². The van der Waals surface area contributed by atoms with E-state index in [1.807, 2.05) is 62.4 Å². The molecule has 0 spiro atoms. The summed E-state index contributed by atoms with van der Waals surface area (Å²) in [5, 5.41) is 6.84. The Morgan fingerprint density at radius 3 is 2.36 bits per heavy atom. The number of rotatable bonds is 5. The van der Waals surface area contributed by atoms with Crippen molar-refractivity contribution in [1.29, 1.82) is 0 Å². The number of hydrogen-bond donors (Lipinski definition) is 2. The molecule has 2 rings (SSSR count). The van der Waals surface area contributed by atoms with E-state index in [9.17, 15) is 4.79 Å². The molecule has 5 heteroatoms. The van der Waals surface area contributed by atoms with Crippen LogP contribution in [0.4, 0.5) is 5.69 Å². The van der Waals surface area contributed by atoms with Crippen molar-refractivity contribution in [2.45, 2.75) is 25.9 Å². The van der Waals surface area contributed by atoms with Crippen LogP contribution in [0.25, 0.3) is 0 Å². The smallest absolute Gasteiger partial charge is 0.241 e. The zero-order valence-electron chi connectivity index (χ0n) is 12.4. The number of benzene rings is 2. The van der Waals surface area contributed by atoms with E-state index in [2.05, 4.69) is 26.6 Å². The second-order valence-electron chi connectivity index (χ2n) is 5.13. The molecule has 2 atom stereocenters. The molecule has 0 fully saturated rings. The normalized spacial score (nSPS) is 13.5. The van der Waals surface area contributed by atoms with Crippen LogP contribution in [0.2, 0.25) is 5.02 Å². The summed E-state index contributed by atoms with van der Waals surface area (Å²) in [5.74, 6) is -0.0822. The summed E-state index contributed by atoms with van der Waals surface area (Å²) >= 11 is 9.55. The first-order valence-corrected chi connectivity index (χ1v) is 8.21. The van der Waals surface area contributed by atoms with E-state index in [4.69, 9.17) is 11.6 Å². The summed E-state index contributed by atoms with van der Waals surface area (Å²) < 4.78 is 0.976. The van der Waals surface area contributed by atoms with E-state index in [-0.39, 0.29) is 18.0 Å². The molecule has 0 saturated heterocycles. The van der Waals surface area contributed by atoms with Gasteiger partial charge < -0.3 is 5.32 Å². The molecule has 3 nitrogen and oxygen atoms in total. The lowest BCUT2D eigenvalue weighted by molar-refractivity contribution is -0.117. The molecule has 0 aliphatic rings. The van der Waals surface area contributed by atoms with Crippen LogP contribution in [-0.4, -0.2) is 11.9 Å². The van der Waals surface area contributed by atoms with Crippen molar-refractivity contribution < 1.29 is 4.79 Å². The van der Waals surface area contributed by atoms with E-state index >= 15 is 0 Å². The van der Waals surface area contributed by atoms with E-state index in [1.165, 1.54) is 0 Å². The topological polar surface area (TPSA) is 41.1 Å². The number of amides is 1. The zero-order chi connectivity index (χ0) is 16.1. The second kappa shape index (κ2) is 7.77. The van der Waals surface area contributed by atoms with Crippen LogP contribution in [0.5, 0.6) is 0 Å². The maximum Gasteiger partial charge on any atom is 0.241 e. The maximum atomic E-state index is 12.2. The fourth-order valence-electron chi connectivity index (χ4n) is 2.15. The summed E-state index contributed by atoms with van der Waals surface area (Å²) in [7, 11) is 0. The quantitative estimate of drug-likeness (QED) is 0.782. The molecular weight excluding hydrogens is 364 g/mol. The minimum Gasteiger partial charge on any atom is -0.325 e. The molecule has 2 aromatic rings. The van der Waals surface area contributed by atoms with Crippen LogP contribution >= 0.6 is 27.5 Å². The van der Waals surface area contributed by atoms with Crippen LogP contribution in [0.1, 0.15) is 25.5 Å². The van der Waals surface area contributed by atoms with E-state index in [1.54, 1.807) is 0 Å². The molecule has 2 aromatic carbocycles. The standard InChI is InChI=1S/C17H18BrClN2O/c1-11(15-5-3-4-6-16(15)19)20-12(2)17(22)21-14-9-7-13(18)8-10-14/h3-12,20H,1-2H3,(H,21,22). The SMILES string of the molecule is CC(NC(C)c1ccccc1Cl)C(=O)Nc1ccc(Br)cc1. The molecule has 0 radical (unpaired) electrons. The monoisotopic (exact) mass is 380 g/mol. The van der Waals surface area contributed by atoms with Gasteiger partial charge in [-0.1, -0.05) is 45.7 Å². The van der Waals surface area contributed by atoms with E-state index in [0.717, 1.165) is 15.7 Å². The van der Waals surface area contributed by atoms with Crippen molar-refractivity contribution in [2.75, 3.05) is 5.32 Å². The third-order valence-corrected chi connectivity index (χ3v) is 4.25. The summed E-state index contributed by atoms with van der Waals surface area (Å²) in [6, 6.07) is 14.8. The first kappa shape index (κ1) is 17.0. The van der Waals surface area contributed by atoms with Gasteiger partial charge in [-0.3, -0.25) is 10.1 Å². The molecule has 0 aliphatic heterocycles. The first-order valence-electron chi connectivity index (χ1n) is 7.04. The Kier molecular flexibility index (Phi) is 6.00. The molecular formula is C17H18BrClN2O. The molecule has 0 aromatic heterocycles. The van der Waals surface area contributed by atoms with Gasteiger partial charge in [-0.05, 0) is 49.7 Å². The highest BCUT2D eigenvalue weighted by atomic mass is 79.9. The van der Waals surface area contributed by atoms with Gasteiger partial charge >= 0.3 is 0 Å². The highest BCUT2D eigenvalue weighted by molar-refractivity contribution is 9.10. The van der Waals surface area contributed by atoms with Crippen LogP contribution in [0, 0.1) is 0 Å². The fraction of sp³-hybridized carbons (Fsp3) is 0.235. The van der Waals surface area contributed by atoms with Crippen molar-refractivity contribution in [3.05, 3.63) is 63.6 Å². The largest absolute Gasteiger partial charge is 0.325 e. The summed E-state index contributed by atoms with van der Waals surface area (Å²) in [5.41, 5.74) is 1.75. The molecule has 0 saturated carbocycles. The highest BCUT2D eigenvalue weighted by Gasteiger charge is 2.17. The van der Waals surface area contributed by atoms with Crippen LogP contribution in [0.3, 0.4) is 0 Å². The summed E-state index contributed by atoms with van der Waals surface area (Å²) in [4.78, 5) is 12.2. The van der Waals surface area contributed by atoms with E-state index in [0.29, 0.717) is 5.02 Å². The molecule has 2 N–H and O–H groups in total. The molecule has 1 amide bonds. The number of hydrogen-bond acceptors (Lipinski definition) is 2. The average molecular weight is 382 g/mol. The van der Waals surface area contributed by atoms with Gasteiger partial charge in [0.05, 0.1) is 6.04 Å². The lowest BCUT2D eigenvalue weighted by atomic mass is 10.1. The Hall–Kier alpha value is -1.36. The number of carbonyl (C=O) groups is 1. The summed E-state index contributed by atoms with van der Waals surface area (Å²) in [6.45, 7) is 3.83. The van der Waals surface area contributed by atoms with Gasteiger partial charge in [0.1, 0.15) is 0 Å². The average Bonchev–Trinajstić information content (AvgIpc) is 2.49. The minimum absolute atomic E-state index is 0.0145. The number of anilines is 1. The zero-order valence-corrected chi connectivity index (χ0v) is 14.8. The van der Waals surface area contributed by atoms with Gasteiger partial charge in [0.15, 0.2) is 0 Å². The second-order valence-corrected chi connectivity index (χ2v) is 6.45. The van der Waals surface area contributed by atoms with Gasteiger partial charge in [-0.15, -0.1) is 0 Å². The number of nitrogens with one attached hydrogen (secondary N) is 2. The fourth-order valence-corrected chi connectivity index (χ4v) is 2.71. The van der Waals surface area contributed by atoms with Crippen molar-refractivity contribution in [3.8, 4) is 0 Å². The number of carbonyl (C=O) groups excluding carboxylic acids is 1. The number of halogens is 2. The van der Waals surface area contributed by atoms with Gasteiger partial charge in [0.25, 0.3) is 0 Å². The molecule has 2 unspecified atom stereocenters. The predicted molar refractivity (Wildman–Crippen MR) is 95.2 cm³/mol. The Morgan fingerprint density at radius 1 is 1.09 bits per heavy atom. The third kappa shape index (κ3) is 4.57. The molecule has 0 aliphatic carbocycles. The lowest BCUT2D eigenvalue weighted by Crippen LogP contribution is -2.39. The molecule has 116 valence electrons. The van der Waals surface area contributed by atoms with Crippen LogP contribution in [0.15, 0.2) is 53.0 Å². The third-order valence-electron chi connectivity index (χ3n) is 3.38. The van der Waals surface area contributed by atoms with Crippen LogP contribution in [-0.2, 0) is 4.79 Å². The molecule has 0 heterocycles. The lowest BCUT2D eigenvalue weighted by Gasteiger charge is -2.20. The minimum atomic E-state index is -0.338. The highest BCUT2D eigenvalue weighted by Crippen LogP contribution is 2.22. The Balaban J connectivity index is 1.96. The van der Waals surface area contributed by atoms with Gasteiger partial charge in [0, 0.05) is 21.2 Å². The van der Waals surface area contributed by atoms with E-state index < -0.39 is 0 Å². The molecule has 0 bridgehead atoms.